The molecule has 0 spiro atoms. The topological polar surface area (TPSA) is 195 Å². The number of esters is 6. The number of ether oxygens (including phenoxy) is 6. The number of hydrogen-bond acceptors (Lipinski definition) is 14. The van der Waals surface area contributed by atoms with Crippen LogP contribution in [0.15, 0.2) is 42.5 Å². The van der Waals surface area contributed by atoms with Crippen LogP contribution in [-0.2, 0) is 57.2 Å². The molecule has 3 fully saturated rings. The SMILES string of the molecule is C=C1C(OC(C)=O)C(OC(=O)c2ccccc2)C(OC(C)=O)C(C)(C)C2CC(O)(C(C)C2=O)C2(OC(C)=O)CC(C)C(OC(C)=O)C2C1OC(C)=O. The maximum absolute atomic E-state index is 14.5. The Labute approximate surface area is 302 Å². The Morgan fingerprint density at radius 3 is 1.79 bits per heavy atom. The van der Waals surface area contributed by atoms with Crippen molar-refractivity contribution in [3.05, 3.63) is 48.0 Å². The van der Waals surface area contributed by atoms with Crippen LogP contribution in [0.5, 0.6) is 0 Å². The van der Waals surface area contributed by atoms with Gasteiger partial charge >= 0.3 is 35.8 Å². The highest BCUT2D eigenvalue weighted by atomic mass is 16.6. The molecule has 1 aromatic carbocycles. The third-order valence-electron chi connectivity index (χ3n) is 10.9. The van der Waals surface area contributed by atoms with Crippen LogP contribution in [0.25, 0.3) is 0 Å². The van der Waals surface area contributed by atoms with E-state index in [1.54, 1.807) is 39.0 Å². The van der Waals surface area contributed by atoms with Gasteiger partial charge in [0.25, 0.3) is 0 Å². The lowest BCUT2D eigenvalue weighted by Crippen LogP contribution is -2.65. The standard InChI is InChI=1S/C38H48O14/c1-18-16-38(52-25(8)43)28(30(18)47-21(4)39)31(48-22(5)40)19(2)32(49-23(6)41)33(51-35(45)26-14-12-11-13-15-26)34(50-24(7)42)36(9,10)27-17-37(38,46)20(3)29(27)44/h11-15,18,20,27-28,30-34,46H,2,16-17H2,1,3-10H3. The lowest BCUT2D eigenvalue weighted by Gasteiger charge is -2.50. The van der Waals surface area contributed by atoms with Gasteiger partial charge in [0.1, 0.15) is 29.7 Å². The van der Waals surface area contributed by atoms with E-state index in [1.807, 2.05) is 0 Å². The van der Waals surface area contributed by atoms with E-state index in [1.165, 1.54) is 19.1 Å². The van der Waals surface area contributed by atoms with Gasteiger partial charge in [-0.15, -0.1) is 0 Å². The van der Waals surface area contributed by atoms with Crippen molar-refractivity contribution >= 4 is 41.6 Å². The molecule has 3 saturated carbocycles. The van der Waals surface area contributed by atoms with Crippen molar-refractivity contribution in [3.8, 4) is 0 Å². The molecule has 4 rings (SSSR count). The number of rotatable bonds is 7. The minimum atomic E-state index is -2.21. The van der Waals surface area contributed by atoms with E-state index >= 15 is 0 Å². The quantitative estimate of drug-likeness (QED) is 0.244. The molecule has 0 aliphatic heterocycles. The summed E-state index contributed by atoms with van der Waals surface area (Å²) in [4.78, 5) is 92.9. The maximum Gasteiger partial charge on any atom is 0.338 e. The minimum Gasteiger partial charge on any atom is -0.462 e. The van der Waals surface area contributed by atoms with Gasteiger partial charge in [0.05, 0.1) is 11.5 Å². The second kappa shape index (κ2) is 14.8. The second-order valence-electron chi connectivity index (χ2n) is 14.8. The molecule has 11 unspecified atom stereocenters. The van der Waals surface area contributed by atoms with Crippen molar-refractivity contribution in [1.82, 2.24) is 0 Å². The zero-order valence-electron chi connectivity index (χ0n) is 31.0. The van der Waals surface area contributed by atoms with Crippen LogP contribution in [0, 0.1) is 29.1 Å². The zero-order chi connectivity index (χ0) is 39.1. The molecule has 14 nitrogen and oxygen atoms in total. The molecular formula is C38H48O14. The van der Waals surface area contributed by atoms with Crippen molar-refractivity contribution in [2.24, 2.45) is 29.1 Å². The average molecular weight is 729 g/mol. The van der Waals surface area contributed by atoms with Gasteiger partial charge in [0, 0.05) is 57.4 Å². The summed E-state index contributed by atoms with van der Waals surface area (Å²) in [6, 6.07) is 7.79. The number of Topliss-reactive ketones (excluding diaryl/α,β-unsaturated/α-hetero) is 1. The number of fused-ring (bicyclic) bond motifs is 4. The molecular weight excluding hydrogens is 680 g/mol. The summed E-state index contributed by atoms with van der Waals surface area (Å²) in [7, 11) is 0. The predicted molar refractivity (Wildman–Crippen MR) is 180 cm³/mol. The van der Waals surface area contributed by atoms with E-state index in [9.17, 15) is 38.7 Å². The molecule has 52 heavy (non-hydrogen) atoms. The first-order chi connectivity index (χ1) is 24.1. The highest BCUT2D eigenvalue weighted by Gasteiger charge is 2.75. The average Bonchev–Trinajstić information content (AvgIpc) is 3.45. The first kappa shape index (κ1) is 40.2. The summed E-state index contributed by atoms with van der Waals surface area (Å²) in [6.07, 6.45) is -8.54. The lowest BCUT2D eigenvalue weighted by atomic mass is 9.66. The fraction of sp³-hybridized carbons (Fsp3) is 0.605. The second-order valence-corrected chi connectivity index (χ2v) is 14.8. The van der Waals surface area contributed by atoms with E-state index in [4.69, 9.17) is 28.4 Å². The van der Waals surface area contributed by atoms with Gasteiger partial charge in [-0.05, 0) is 30.9 Å². The molecule has 0 radical (unpaired) electrons. The van der Waals surface area contributed by atoms with Crippen LogP contribution < -0.4 is 0 Å². The summed E-state index contributed by atoms with van der Waals surface area (Å²) in [5.74, 6) is -10.2. The zero-order valence-corrected chi connectivity index (χ0v) is 31.0. The molecule has 0 aromatic heterocycles. The normalized spacial score (nSPS) is 35.2. The Morgan fingerprint density at radius 1 is 0.731 bits per heavy atom. The highest BCUT2D eigenvalue weighted by Crippen LogP contribution is 2.62. The van der Waals surface area contributed by atoms with E-state index in [-0.39, 0.29) is 24.0 Å². The predicted octanol–water partition coefficient (Wildman–Crippen LogP) is 3.45. The van der Waals surface area contributed by atoms with Gasteiger partial charge in [-0.2, -0.15) is 0 Å². The molecule has 3 aliphatic rings. The van der Waals surface area contributed by atoms with E-state index in [2.05, 4.69) is 6.58 Å². The molecule has 2 bridgehead atoms. The first-order valence-electron chi connectivity index (χ1n) is 17.2. The summed E-state index contributed by atoms with van der Waals surface area (Å²) in [6.45, 7) is 16.0. The van der Waals surface area contributed by atoms with Crippen molar-refractivity contribution in [2.75, 3.05) is 0 Å². The summed E-state index contributed by atoms with van der Waals surface area (Å²) in [5.41, 5.74) is -5.96. The van der Waals surface area contributed by atoms with Crippen LogP contribution in [0.4, 0.5) is 0 Å². The number of hydrogen-bond donors (Lipinski definition) is 1. The van der Waals surface area contributed by atoms with Gasteiger partial charge in [-0.3, -0.25) is 28.8 Å². The fourth-order valence-corrected chi connectivity index (χ4v) is 8.68. The maximum atomic E-state index is 14.5. The van der Waals surface area contributed by atoms with Crippen LogP contribution in [0.1, 0.15) is 85.5 Å². The van der Waals surface area contributed by atoms with Gasteiger partial charge in [-0.1, -0.05) is 52.5 Å². The smallest absolute Gasteiger partial charge is 0.338 e. The molecule has 1 aromatic rings. The lowest BCUT2D eigenvalue weighted by molar-refractivity contribution is -0.233. The van der Waals surface area contributed by atoms with Gasteiger partial charge in [0.2, 0.25) is 0 Å². The summed E-state index contributed by atoms with van der Waals surface area (Å²) >= 11 is 0. The van der Waals surface area contributed by atoms with Crippen molar-refractivity contribution in [3.63, 3.8) is 0 Å². The largest absolute Gasteiger partial charge is 0.462 e. The van der Waals surface area contributed by atoms with Crippen molar-refractivity contribution < 1.29 is 67.1 Å². The number of carbonyl (C=O) groups is 7. The van der Waals surface area contributed by atoms with E-state index < -0.39 is 112 Å². The Bertz CT molecular complexity index is 1630. The van der Waals surface area contributed by atoms with Gasteiger partial charge in [0.15, 0.2) is 17.8 Å². The van der Waals surface area contributed by atoms with Crippen LogP contribution in [0.2, 0.25) is 0 Å². The first-order valence-corrected chi connectivity index (χ1v) is 17.2. The number of ketones is 1. The molecule has 0 amide bonds. The number of carbonyl (C=O) groups excluding carboxylic acids is 7. The number of aliphatic hydroxyl groups is 1. The molecule has 284 valence electrons. The molecule has 3 aliphatic carbocycles. The molecule has 0 saturated heterocycles. The Morgan fingerprint density at radius 2 is 1.27 bits per heavy atom. The van der Waals surface area contributed by atoms with Gasteiger partial charge < -0.3 is 33.5 Å². The Balaban J connectivity index is 2.16. The summed E-state index contributed by atoms with van der Waals surface area (Å²) < 4.78 is 35.8. The number of benzene rings is 1. The van der Waals surface area contributed by atoms with Crippen molar-refractivity contribution in [1.29, 1.82) is 0 Å². The molecule has 14 heteroatoms. The highest BCUT2D eigenvalue weighted by molar-refractivity contribution is 5.90. The van der Waals surface area contributed by atoms with E-state index in [0.29, 0.717) is 0 Å². The van der Waals surface area contributed by atoms with Crippen LogP contribution in [0.3, 0.4) is 0 Å². The van der Waals surface area contributed by atoms with Crippen LogP contribution >= 0.6 is 0 Å². The molecule has 11 atom stereocenters. The minimum absolute atomic E-state index is 0.0771. The molecule has 0 heterocycles. The summed E-state index contributed by atoms with van der Waals surface area (Å²) in [5, 5.41) is 13.0. The van der Waals surface area contributed by atoms with E-state index in [0.717, 1.165) is 34.6 Å². The van der Waals surface area contributed by atoms with Gasteiger partial charge in [-0.25, -0.2) is 4.79 Å². The van der Waals surface area contributed by atoms with Crippen molar-refractivity contribution in [2.45, 2.75) is 117 Å². The molecule has 1 N–H and O–H groups in total. The fourth-order valence-electron chi connectivity index (χ4n) is 8.68. The third-order valence-corrected chi connectivity index (χ3v) is 10.9. The third kappa shape index (κ3) is 7.22. The Kier molecular flexibility index (Phi) is 11.4. The Hall–Kier alpha value is -4.59. The van der Waals surface area contributed by atoms with Crippen LogP contribution in [-0.4, -0.2) is 88.4 Å². The monoisotopic (exact) mass is 728 g/mol.